The smallest absolute Gasteiger partial charge is 0.417 e. The molecule has 0 unspecified atom stereocenters. The molecule has 10 heteroatoms. The van der Waals surface area contributed by atoms with Crippen LogP contribution in [0.15, 0.2) is 48.9 Å². The summed E-state index contributed by atoms with van der Waals surface area (Å²) in [6, 6.07) is 6.09. The van der Waals surface area contributed by atoms with Crippen molar-refractivity contribution in [3.63, 3.8) is 0 Å². The third-order valence-corrected chi connectivity index (χ3v) is 6.18. The third-order valence-electron chi connectivity index (χ3n) is 6.18. The fraction of sp³-hybridized carbons (Fsp3) is 0.360. The van der Waals surface area contributed by atoms with Gasteiger partial charge in [0.1, 0.15) is 12.4 Å². The fourth-order valence-corrected chi connectivity index (χ4v) is 4.20. The van der Waals surface area contributed by atoms with E-state index in [2.05, 4.69) is 15.0 Å². The Kier molecular flexibility index (Phi) is 7.00. The topological polar surface area (TPSA) is 68.2 Å². The number of hydrogen-bond donors (Lipinski definition) is 0. The standard InChI is InChI=1S/C25H24F4N4O2/c1-15-5-3-10-33(21(15)14-35-22-7-6-17(13-32-22)25(27,28)29)24(34)19-12-20(26)16(2)11-18(19)23-30-8-4-9-31-23/h4,6-9,11-13,15,21H,3,5,10,14H2,1-2H3/t15-,21-/m1/s1. The lowest BCUT2D eigenvalue weighted by Crippen LogP contribution is -2.50. The Bertz CT molecular complexity index is 1190. The minimum atomic E-state index is -4.49. The molecule has 6 nitrogen and oxygen atoms in total. The van der Waals surface area contributed by atoms with Crippen LogP contribution in [0.4, 0.5) is 17.6 Å². The normalized spacial score (nSPS) is 18.4. The minimum Gasteiger partial charge on any atom is -0.475 e. The Labute approximate surface area is 200 Å². The number of carbonyl (C=O) groups excluding carboxylic acids is 1. The number of alkyl halides is 3. The molecule has 2 aromatic heterocycles. The summed E-state index contributed by atoms with van der Waals surface area (Å²) in [6.45, 7) is 4.05. The van der Waals surface area contributed by atoms with Gasteiger partial charge in [-0.25, -0.2) is 19.3 Å². The van der Waals surface area contributed by atoms with E-state index in [0.717, 1.165) is 25.0 Å². The second-order valence-electron chi connectivity index (χ2n) is 8.60. The van der Waals surface area contributed by atoms with Gasteiger partial charge in [0.15, 0.2) is 5.82 Å². The summed E-state index contributed by atoms with van der Waals surface area (Å²) in [6.07, 6.45) is 0.917. The number of ether oxygens (including phenoxy) is 1. The number of piperidine rings is 1. The van der Waals surface area contributed by atoms with Crippen LogP contribution in [-0.4, -0.2) is 45.0 Å². The maximum absolute atomic E-state index is 14.5. The van der Waals surface area contributed by atoms with Gasteiger partial charge in [-0.3, -0.25) is 4.79 Å². The van der Waals surface area contributed by atoms with Gasteiger partial charge in [0.05, 0.1) is 17.2 Å². The molecule has 4 rings (SSSR count). The molecule has 0 N–H and O–H groups in total. The largest absolute Gasteiger partial charge is 0.475 e. The molecule has 1 fully saturated rings. The average molecular weight is 488 g/mol. The number of amides is 1. The first-order chi connectivity index (χ1) is 16.6. The number of aryl methyl sites for hydroxylation is 1. The zero-order valence-corrected chi connectivity index (χ0v) is 19.2. The van der Waals surface area contributed by atoms with Crippen molar-refractivity contribution in [2.75, 3.05) is 13.2 Å². The zero-order valence-electron chi connectivity index (χ0n) is 19.2. The van der Waals surface area contributed by atoms with E-state index in [1.165, 1.54) is 6.07 Å². The number of pyridine rings is 1. The van der Waals surface area contributed by atoms with E-state index < -0.39 is 17.6 Å². The molecule has 0 saturated carbocycles. The first kappa shape index (κ1) is 24.6. The highest BCUT2D eigenvalue weighted by Gasteiger charge is 2.35. The van der Waals surface area contributed by atoms with Crippen LogP contribution in [0.2, 0.25) is 0 Å². The highest BCUT2D eigenvalue weighted by Crippen LogP contribution is 2.31. The predicted octanol–water partition coefficient (Wildman–Crippen LogP) is 5.32. The number of halogens is 4. The SMILES string of the molecule is Cc1cc(-c2ncccn2)c(C(=O)N2CCC[C@@H](C)[C@H]2COc2ccc(C(F)(F)F)cn2)cc1F. The number of carbonyl (C=O) groups is 1. The van der Waals surface area contributed by atoms with Gasteiger partial charge in [-0.15, -0.1) is 0 Å². The molecular weight excluding hydrogens is 464 g/mol. The van der Waals surface area contributed by atoms with Crippen molar-refractivity contribution < 1.29 is 27.1 Å². The fourth-order valence-electron chi connectivity index (χ4n) is 4.20. The summed E-state index contributed by atoms with van der Waals surface area (Å²) in [5, 5.41) is 0. The molecule has 3 heterocycles. The molecule has 184 valence electrons. The summed E-state index contributed by atoms with van der Waals surface area (Å²) < 4.78 is 58.6. The summed E-state index contributed by atoms with van der Waals surface area (Å²) in [4.78, 5) is 27.5. The lowest BCUT2D eigenvalue weighted by molar-refractivity contribution is -0.137. The Balaban J connectivity index is 1.60. The number of benzene rings is 1. The van der Waals surface area contributed by atoms with E-state index in [1.807, 2.05) is 6.92 Å². The lowest BCUT2D eigenvalue weighted by Gasteiger charge is -2.40. The highest BCUT2D eigenvalue weighted by atomic mass is 19.4. The molecule has 35 heavy (non-hydrogen) atoms. The van der Waals surface area contributed by atoms with Crippen LogP contribution in [0.25, 0.3) is 11.4 Å². The van der Waals surface area contributed by atoms with Gasteiger partial charge in [0.2, 0.25) is 5.88 Å². The Hall–Kier alpha value is -3.56. The number of rotatable bonds is 5. The van der Waals surface area contributed by atoms with E-state index in [4.69, 9.17) is 4.74 Å². The first-order valence-corrected chi connectivity index (χ1v) is 11.2. The molecule has 1 aliphatic heterocycles. The van der Waals surface area contributed by atoms with Crippen LogP contribution in [0.1, 0.15) is 41.3 Å². The Morgan fingerprint density at radius 2 is 1.91 bits per heavy atom. The van der Waals surface area contributed by atoms with Crippen molar-refractivity contribution in [2.24, 2.45) is 5.92 Å². The van der Waals surface area contributed by atoms with Gasteiger partial charge in [-0.1, -0.05) is 6.92 Å². The van der Waals surface area contributed by atoms with Crippen LogP contribution in [0, 0.1) is 18.7 Å². The Morgan fingerprint density at radius 1 is 1.17 bits per heavy atom. The van der Waals surface area contributed by atoms with Crippen molar-refractivity contribution in [1.29, 1.82) is 0 Å². The van der Waals surface area contributed by atoms with Crippen molar-refractivity contribution in [1.82, 2.24) is 19.9 Å². The molecule has 1 amide bonds. The van der Waals surface area contributed by atoms with Gasteiger partial charge >= 0.3 is 6.18 Å². The number of likely N-dealkylation sites (tertiary alicyclic amines) is 1. The minimum absolute atomic E-state index is 0.0305. The molecule has 1 saturated heterocycles. The second kappa shape index (κ2) is 9.97. The van der Waals surface area contributed by atoms with Gasteiger partial charge in [0, 0.05) is 36.8 Å². The maximum Gasteiger partial charge on any atom is 0.417 e. The molecule has 1 aliphatic rings. The van der Waals surface area contributed by atoms with E-state index in [1.54, 1.807) is 36.4 Å². The quantitative estimate of drug-likeness (QED) is 0.455. The van der Waals surface area contributed by atoms with Crippen LogP contribution in [0.5, 0.6) is 5.88 Å². The lowest BCUT2D eigenvalue weighted by atomic mass is 9.90. The van der Waals surface area contributed by atoms with Gasteiger partial charge in [-0.05, 0) is 55.5 Å². The number of aromatic nitrogens is 3. The zero-order chi connectivity index (χ0) is 25.2. The van der Waals surface area contributed by atoms with E-state index >= 15 is 0 Å². The summed E-state index contributed by atoms with van der Waals surface area (Å²) in [5.41, 5.74) is 0.0666. The molecule has 1 aromatic carbocycles. The van der Waals surface area contributed by atoms with E-state index in [0.29, 0.717) is 29.7 Å². The van der Waals surface area contributed by atoms with Crippen LogP contribution < -0.4 is 4.74 Å². The average Bonchev–Trinajstić information content (AvgIpc) is 2.84. The van der Waals surface area contributed by atoms with Gasteiger partial charge < -0.3 is 9.64 Å². The molecule has 0 aliphatic carbocycles. The molecule has 0 radical (unpaired) electrons. The highest BCUT2D eigenvalue weighted by molar-refractivity contribution is 6.00. The number of nitrogens with zero attached hydrogens (tertiary/aromatic N) is 4. The summed E-state index contributed by atoms with van der Waals surface area (Å²) in [5.74, 6) is -0.505. The van der Waals surface area contributed by atoms with E-state index in [-0.39, 0.29) is 35.9 Å². The molecule has 0 spiro atoms. The number of hydrogen-bond acceptors (Lipinski definition) is 5. The van der Waals surface area contributed by atoms with Crippen molar-refractivity contribution >= 4 is 5.91 Å². The van der Waals surface area contributed by atoms with Gasteiger partial charge in [0.25, 0.3) is 5.91 Å². The second-order valence-corrected chi connectivity index (χ2v) is 8.60. The predicted molar refractivity (Wildman–Crippen MR) is 120 cm³/mol. The summed E-state index contributed by atoms with van der Waals surface area (Å²) >= 11 is 0. The molecule has 3 aromatic rings. The van der Waals surface area contributed by atoms with Crippen molar-refractivity contribution in [2.45, 2.75) is 38.9 Å². The molecule has 0 bridgehead atoms. The van der Waals surface area contributed by atoms with Crippen molar-refractivity contribution in [3.8, 4) is 17.3 Å². The monoisotopic (exact) mass is 488 g/mol. The van der Waals surface area contributed by atoms with Crippen LogP contribution in [0.3, 0.4) is 0 Å². The molecular formula is C25H24F4N4O2. The van der Waals surface area contributed by atoms with Crippen LogP contribution in [-0.2, 0) is 6.18 Å². The maximum atomic E-state index is 14.5. The van der Waals surface area contributed by atoms with Gasteiger partial charge in [-0.2, -0.15) is 13.2 Å². The first-order valence-electron chi connectivity index (χ1n) is 11.2. The third kappa shape index (κ3) is 5.41. The van der Waals surface area contributed by atoms with E-state index in [9.17, 15) is 22.4 Å². The Morgan fingerprint density at radius 3 is 2.57 bits per heavy atom. The van der Waals surface area contributed by atoms with Crippen LogP contribution >= 0.6 is 0 Å². The summed E-state index contributed by atoms with van der Waals surface area (Å²) in [7, 11) is 0. The molecule has 2 atom stereocenters. The van der Waals surface area contributed by atoms with Crippen molar-refractivity contribution in [3.05, 3.63) is 71.4 Å².